The summed E-state index contributed by atoms with van der Waals surface area (Å²) in [6, 6.07) is 13.3. The van der Waals surface area contributed by atoms with Crippen LogP contribution in [0, 0.1) is 6.92 Å². The van der Waals surface area contributed by atoms with E-state index in [1.54, 1.807) is 12.1 Å². The van der Waals surface area contributed by atoms with Gasteiger partial charge in [-0.25, -0.2) is 5.01 Å². The van der Waals surface area contributed by atoms with Crippen molar-refractivity contribution in [3.8, 4) is 11.5 Å². The third kappa shape index (κ3) is 6.38. The van der Waals surface area contributed by atoms with E-state index in [1.807, 2.05) is 37.3 Å². The van der Waals surface area contributed by atoms with Gasteiger partial charge in [-0.15, -0.1) is 5.10 Å². The molecule has 0 unspecified atom stereocenters. The molecule has 0 aromatic heterocycles. The van der Waals surface area contributed by atoms with Crippen molar-refractivity contribution in [2.45, 2.75) is 32.6 Å². The van der Waals surface area contributed by atoms with Crippen LogP contribution in [-0.2, 0) is 9.59 Å². The van der Waals surface area contributed by atoms with E-state index < -0.39 is 5.37 Å². The number of benzene rings is 2. The quantitative estimate of drug-likeness (QED) is 0.614. The van der Waals surface area contributed by atoms with Gasteiger partial charge >= 0.3 is 0 Å². The molecule has 1 aliphatic rings. The molecule has 2 aromatic rings. The van der Waals surface area contributed by atoms with E-state index in [0.29, 0.717) is 35.6 Å². The molecule has 0 radical (unpaired) electrons. The first-order valence-electron chi connectivity index (χ1n) is 9.78. The summed E-state index contributed by atoms with van der Waals surface area (Å²) in [6.07, 6.45) is 0.705. The van der Waals surface area contributed by atoms with Gasteiger partial charge in [0.25, 0.3) is 0 Å². The zero-order valence-electron chi connectivity index (χ0n) is 17.6. The molecule has 31 heavy (non-hydrogen) atoms. The first-order valence-corrected chi connectivity index (χ1v) is 11.0. The second kappa shape index (κ2) is 10.5. The second-order valence-corrected chi connectivity index (χ2v) is 8.45. The molecule has 0 saturated heterocycles. The molecule has 1 N–H and O–H groups in total. The standard InChI is InChI=1S/C22H24ClN3O4S/c1-14-5-8-18(9-6-14)29-11-4-12-30-20-10-7-17(13-19(20)23)21-26(16(3)28)25-22(31-21)24-15(2)27/h5-10,13,21H,4,11-12H2,1-3H3,(H,24,25,27)/t21-/m0/s1. The normalized spacial score (nSPS) is 15.4. The maximum Gasteiger partial charge on any atom is 0.241 e. The van der Waals surface area contributed by atoms with Gasteiger partial charge < -0.3 is 14.8 Å². The van der Waals surface area contributed by atoms with Gasteiger partial charge in [-0.3, -0.25) is 9.59 Å². The number of aryl methyl sites for hydroxylation is 1. The van der Waals surface area contributed by atoms with Crippen LogP contribution >= 0.6 is 23.4 Å². The number of nitrogens with zero attached hydrogens (tertiary/aromatic N) is 2. The second-order valence-electron chi connectivity index (χ2n) is 6.97. The highest BCUT2D eigenvalue weighted by Gasteiger charge is 2.32. The lowest BCUT2D eigenvalue weighted by molar-refractivity contribution is -0.129. The van der Waals surface area contributed by atoms with Crippen molar-refractivity contribution in [3.63, 3.8) is 0 Å². The number of rotatable bonds is 7. The van der Waals surface area contributed by atoms with Crippen LogP contribution < -0.4 is 14.8 Å². The maximum absolute atomic E-state index is 12.0. The van der Waals surface area contributed by atoms with Crippen molar-refractivity contribution >= 4 is 40.3 Å². The fourth-order valence-corrected chi connectivity index (χ4v) is 4.20. The molecule has 0 bridgehead atoms. The Labute approximate surface area is 190 Å². The summed E-state index contributed by atoms with van der Waals surface area (Å²) in [6.45, 7) is 5.84. The van der Waals surface area contributed by atoms with Crippen molar-refractivity contribution in [1.82, 2.24) is 10.3 Å². The highest BCUT2D eigenvalue weighted by atomic mass is 35.5. The summed E-state index contributed by atoms with van der Waals surface area (Å²) in [7, 11) is 0. The number of nitrogens with one attached hydrogen (secondary N) is 1. The Morgan fingerprint density at radius 1 is 1.13 bits per heavy atom. The SMILES string of the molecule is CC(=O)NC1=NN(C(C)=O)[C@H](c2ccc(OCCCOc3ccc(C)cc3)c(Cl)c2)S1. The lowest BCUT2D eigenvalue weighted by Gasteiger charge is -2.20. The monoisotopic (exact) mass is 461 g/mol. The summed E-state index contributed by atoms with van der Waals surface area (Å²) in [5.74, 6) is 0.908. The number of carbonyl (C=O) groups excluding carboxylic acids is 2. The number of amidine groups is 1. The highest BCUT2D eigenvalue weighted by Crippen LogP contribution is 2.40. The number of amides is 2. The number of hydrogen-bond donors (Lipinski definition) is 1. The largest absolute Gasteiger partial charge is 0.493 e. The molecule has 2 aromatic carbocycles. The molecule has 3 rings (SSSR count). The van der Waals surface area contributed by atoms with E-state index in [9.17, 15) is 9.59 Å². The van der Waals surface area contributed by atoms with Crippen molar-refractivity contribution in [2.24, 2.45) is 5.10 Å². The van der Waals surface area contributed by atoms with E-state index in [-0.39, 0.29) is 11.8 Å². The average molecular weight is 462 g/mol. The van der Waals surface area contributed by atoms with Crippen LogP contribution in [0.4, 0.5) is 0 Å². The van der Waals surface area contributed by atoms with Crippen molar-refractivity contribution in [2.75, 3.05) is 13.2 Å². The predicted octanol–water partition coefficient (Wildman–Crippen LogP) is 4.50. The molecule has 1 heterocycles. The number of hydrazone groups is 1. The first kappa shape index (κ1) is 23.0. The molecule has 0 saturated carbocycles. The van der Waals surface area contributed by atoms with Crippen LogP contribution in [0.3, 0.4) is 0 Å². The van der Waals surface area contributed by atoms with Crippen LogP contribution in [0.25, 0.3) is 0 Å². The highest BCUT2D eigenvalue weighted by molar-refractivity contribution is 8.14. The molecule has 9 heteroatoms. The zero-order valence-corrected chi connectivity index (χ0v) is 19.1. The summed E-state index contributed by atoms with van der Waals surface area (Å²) >= 11 is 7.68. The Hall–Kier alpha value is -2.71. The fourth-order valence-electron chi connectivity index (χ4n) is 2.83. The Morgan fingerprint density at radius 2 is 1.84 bits per heavy atom. The number of thioether (sulfide) groups is 1. The number of halogens is 1. The third-order valence-electron chi connectivity index (χ3n) is 4.33. The van der Waals surface area contributed by atoms with E-state index in [1.165, 1.54) is 36.2 Å². The van der Waals surface area contributed by atoms with Crippen molar-refractivity contribution in [1.29, 1.82) is 0 Å². The Morgan fingerprint density at radius 3 is 2.48 bits per heavy atom. The molecule has 1 atom stereocenters. The van der Waals surface area contributed by atoms with E-state index in [4.69, 9.17) is 21.1 Å². The number of carbonyl (C=O) groups is 2. The van der Waals surface area contributed by atoms with Gasteiger partial charge in [0.1, 0.15) is 16.9 Å². The average Bonchev–Trinajstić information content (AvgIpc) is 3.13. The molecule has 164 valence electrons. The van der Waals surface area contributed by atoms with Crippen molar-refractivity contribution in [3.05, 3.63) is 58.6 Å². The topological polar surface area (TPSA) is 80.2 Å². The maximum atomic E-state index is 12.0. The molecule has 7 nitrogen and oxygen atoms in total. The van der Waals surface area contributed by atoms with Crippen LogP contribution in [0.1, 0.15) is 36.8 Å². The van der Waals surface area contributed by atoms with Crippen LogP contribution in [-0.4, -0.2) is 35.2 Å². The number of hydrogen-bond acceptors (Lipinski definition) is 6. The molecular weight excluding hydrogens is 438 g/mol. The zero-order chi connectivity index (χ0) is 22.4. The van der Waals surface area contributed by atoms with Gasteiger partial charge in [0.05, 0.1) is 18.2 Å². The Kier molecular flexibility index (Phi) is 7.81. The lowest BCUT2D eigenvalue weighted by atomic mass is 10.2. The summed E-state index contributed by atoms with van der Waals surface area (Å²) in [4.78, 5) is 23.3. The Balaban J connectivity index is 1.54. The van der Waals surface area contributed by atoms with E-state index in [2.05, 4.69) is 10.4 Å². The summed E-state index contributed by atoms with van der Waals surface area (Å²) in [5.41, 5.74) is 1.97. The fraction of sp³-hybridized carbons (Fsp3) is 0.318. The number of ether oxygens (including phenoxy) is 2. The van der Waals surface area contributed by atoms with Crippen molar-refractivity contribution < 1.29 is 19.1 Å². The minimum Gasteiger partial charge on any atom is -0.493 e. The van der Waals surface area contributed by atoms with Crippen LogP contribution in [0.15, 0.2) is 47.6 Å². The lowest BCUT2D eigenvalue weighted by Crippen LogP contribution is -2.25. The molecule has 0 spiro atoms. The van der Waals surface area contributed by atoms with Gasteiger partial charge in [0, 0.05) is 20.3 Å². The predicted molar refractivity (Wildman–Crippen MR) is 122 cm³/mol. The molecular formula is C22H24ClN3O4S. The summed E-state index contributed by atoms with van der Waals surface area (Å²) in [5, 5.41) is 8.53. The van der Waals surface area contributed by atoms with Gasteiger partial charge in [-0.05, 0) is 36.8 Å². The molecule has 0 fully saturated rings. The molecule has 1 aliphatic heterocycles. The first-order chi connectivity index (χ1) is 14.8. The summed E-state index contributed by atoms with van der Waals surface area (Å²) < 4.78 is 11.5. The van der Waals surface area contributed by atoms with Gasteiger partial charge in [0.2, 0.25) is 11.8 Å². The van der Waals surface area contributed by atoms with Crippen LogP contribution in [0.5, 0.6) is 11.5 Å². The smallest absolute Gasteiger partial charge is 0.241 e. The van der Waals surface area contributed by atoms with E-state index in [0.717, 1.165) is 11.3 Å². The molecule has 0 aliphatic carbocycles. The third-order valence-corrected chi connectivity index (χ3v) is 5.72. The minimum absolute atomic E-state index is 0.233. The van der Waals surface area contributed by atoms with Gasteiger partial charge in [-0.1, -0.05) is 47.1 Å². The minimum atomic E-state index is -0.409. The van der Waals surface area contributed by atoms with Crippen LogP contribution in [0.2, 0.25) is 5.02 Å². The van der Waals surface area contributed by atoms with Gasteiger partial charge in [0.15, 0.2) is 5.17 Å². The molecule has 2 amide bonds. The van der Waals surface area contributed by atoms with Gasteiger partial charge in [-0.2, -0.15) is 0 Å². The van der Waals surface area contributed by atoms with E-state index >= 15 is 0 Å². The Bertz CT molecular complexity index is 981.